The summed E-state index contributed by atoms with van der Waals surface area (Å²) >= 11 is 0. The number of nitrogens with zero attached hydrogens (tertiary/aromatic N) is 3. The SMILES string of the molecule is Cc1nccn1Cc1cccc(CNC(=O)C2CN(S(C)(=O)=O)c3ccccc3O2)c1. The molecule has 0 fully saturated rings. The molecule has 2 heterocycles. The Bertz CT molecular complexity index is 1210. The predicted octanol–water partition coefficient (Wildman–Crippen LogP) is 2.08. The summed E-state index contributed by atoms with van der Waals surface area (Å²) in [6, 6.07) is 14.7. The Kier molecular flexibility index (Phi) is 5.69. The van der Waals surface area contributed by atoms with Crippen LogP contribution < -0.4 is 14.4 Å². The molecule has 4 rings (SSSR count). The fraction of sp³-hybridized carbons (Fsp3) is 0.273. The van der Waals surface area contributed by atoms with E-state index in [1.54, 1.807) is 30.5 Å². The molecule has 1 aliphatic heterocycles. The number of rotatable bonds is 6. The van der Waals surface area contributed by atoms with Gasteiger partial charge in [-0.1, -0.05) is 36.4 Å². The van der Waals surface area contributed by atoms with Crippen LogP contribution in [0.5, 0.6) is 5.75 Å². The molecular formula is C22H24N4O4S. The number of amides is 1. The molecule has 1 unspecified atom stereocenters. The smallest absolute Gasteiger partial charge is 0.263 e. The van der Waals surface area contributed by atoms with Crippen LogP contribution in [-0.4, -0.2) is 42.8 Å². The number of fused-ring (bicyclic) bond motifs is 1. The molecule has 1 aliphatic rings. The van der Waals surface area contributed by atoms with E-state index in [2.05, 4.69) is 10.3 Å². The number of para-hydroxylation sites is 2. The van der Waals surface area contributed by atoms with Crippen LogP contribution in [0.4, 0.5) is 5.69 Å². The molecule has 0 spiro atoms. The van der Waals surface area contributed by atoms with Gasteiger partial charge in [0.05, 0.1) is 18.5 Å². The summed E-state index contributed by atoms with van der Waals surface area (Å²) in [5.74, 6) is 0.944. The maximum absolute atomic E-state index is 12.8. The number of imidazole rings is 1. The Balaban J connectivity index is 1.43. The Morgan fingerprint density at radius 2 is 1.97 bits per heavy atom. The second kappa shape index (κ2) is 8.43. The number of nitrogens with one attached hydrogen (secondary N) is 1. The summed E-state index contributed by atoms with van der Waals surface area (Å²) in [5, 5.41) is 2.86. The third kappa shape index (κ3) is 4.72. The summed E-state index contributed by atoms with van der Waals surface area (Å²) in [7, 11) is -3.54. The summed E-state index contributed by atoms with van der Waals surface area (Å²) in [5.41, 5.74) is 2.48. The fourth-order valence-corrected chi connectivity index (χ4v) is 4.48. The predicted molar refractivity (Wildman–Crippen MR) is 117 cm³/mol. The largest absolute Gasteiger partial charge is 0.476 e. The van der Waals surface area contributed by atoms with Gasteiger partial charge in [-0.2, -0.15) is 0 Å². The van der Waals surface area contributed by atoms with Crippen molar-refractivity contribution < 1.29 is 17.9 Å². The highest BCUT2D eigenvalue weighted by Gasteiger charge is 2.34. The van der Waals surface area contributed by atoms with Gasteiger partial charge in [0.2, 0.25) is 10.0 Å². The molecule has 0 saturated carbocycles. The number of aryl methyl sites for hydroxylation is 1. The average Bonchev–Trinajstić information content (AvgIpc) is 3.15. The van der Waals surface area contributed by atoms with Crippen molar-refractivity contribution >= 4 is 21.6 Å². The molecule has 1 atom stereocenters. The fourth-order valence-electron chi connectivity index (χ4n) is 3.56. The van der Waals surface area contributed by atoms with E-state index in [-0.39, 0.29) is 12.5 Å². The van der Waals surface area contributed by atoms with Crippen molar-refractivity contribution in [1.82, 2.24) is 14.9 Å². The maximum Gasteiger partial charge on any atom is 0.263 e. The Morgan fingerprint density at radius 1 is 1.19 bits per heavy atom. The van der Waals surface area contributed by atoms with Gasteiger partial charge in [0.1, 0.15) is 11.6 Å². The molecule has 0 aliphatic carbocycles. The minimum atomic E-state index is -3.54. The van der Waals surface area contributed by atoms with E-state index < -0.39 is 16.1 Å². The first-order valence-electron chi connectivity index (χ1n) is 9.88. The number of carbonyl (C=O) groups is 1. The Morgan fingerprint density at radius 3 is 2.71 bits per heavy atom. The zero-order valence-corrected chi connectivity index (χ0v) is 18.2. The third-order valence-corrected chi connectivity index (χ3v) is 6.31. The number of anilines is 1. The molecule has 2 aromatic carbocycles. The normalized spacial score (nSPS) is 15.8. The van der Waals surface area contributed by atoms with Gasteiger partial charge < -0.3 is 14.6 Å². The summed E-state index contributed by atoms with van der Waals surface area (Å²) in [4.78, 5) is 17.0. The van der Waals surface area contributed by atoms with E-state index in [1.807, 2.05) is 42.0 Å². The van der Waals surface area contributed by atoms with Gasteiger partial charge in [0, 0.05) is 25.5 Å². The molecule has 0 bridgehead atoms. The number of sulfonamides is 1. The second-order valence-corrected chi connectivity index (χ2v) is 9.42. The zero-order valence-electron chi connectivity index (χ0n) is 17.4. The summed E-state index contributed by atoms with van der Waals surface area (Å²) in [6.45, 7) is 2.89. The average molecular weight is 441 g/mol. The lowest BCUT2D eigenvalue weighted by Gasteiger charge is -2.33. The highest BCUT2D eigenvalue weighted by Crippen LogP contribution is 2.34. The van der Waals surface area contributed by atoms with E-state index in [4.69, 9.17) is 4.74 Å². The molecule has 0 saturated heterocycles. The van der Waals surface area contributed by atoms with Gasteiger partial charge >= 0.3 is 0 Å². The maximum atomic E-state index is 12.8. The van der Waals surface area contributed by atoms with E-state index in [9.17, 15) is 13.2 Å². The monoisotopic (exact) mass is 440 g/mol. The van der Waals surface area contributed by atoms with Crippen molar-refractivity contribution in [1.29, 1.82) is 0 Å². The van der Waals surface area contributed by atoms with Gasteiger partial charge in [-0.05, 0) is 30.2 Å². The molecule has 8 nitrogen and oxygen atoms in total. The third-order valence-electron chi connectivity index (χ3n) is 5.16. The minimum absolute atomic E-state index is 0.0678. The summed E-state index contributed by atoms with van der Waals surface area (Å²) in [6.07, 6.45) is 3.88. The molecular weight excluding hydrogens is 416 g/mol. The van der Waals surface area contributed by atoms with Crippen LogP contribution in [-0.2, 0) is 27.9 Å². The number of aromatic nitrogens is 2. The number of hydrogen-bond donors (Lipinski definition) is 1. The van der Waals surface area contributed by atoms with Crippen molar-refractivity contribution in [2.75, 3.05) is 17.1 Å². The Labute approximate surface area is 181 Å². The van der Waals surface area contributed by atoms with Crippen LogP contribution >= 0.6 is 0 Å². The van der Waals surface area contributed by atoms with Crippen LogP contribution in [0.3, 0.4) is 0 Å². The van der Waals surface area contributed by atoms with E-state index in [0.717, 1.165) is 23.2 Å². The minimum Gasteiger partial charge on any atom is -0.476 e. The van der Waals surface area contributed by atoms with Crippen molar-refractivity contribution in [3.8, 4) is 5.75 Å². The molecule has 3 aromatic rings. The highest BCUT2D eigenvalue weighted by atomic mass is 32.2. The van der Waals surface area contributed by atoms with Crippen molar-refractivity contribution in [2.45, 2.75) is 26.1 Å². The zero-order chi connectivity index (χ0) is 22.0. The molecule has 1 N–H and O–H groups in total. The number of benzene rings is 2. The van der Waals surface area contributed by atoms with Crippen LogP contribution in [0, 0.1) is 6.92 Å². The quantitative estimate of drug-likeness (QED) is 0.634. The topological polar surface area (TPSA) is 93.5 Å². The van der Waals surface area contributed by atoms with Crippen LogP contribution in [0.2, 0.25) is 0 Å². The van der Waals surface area contributed by atoms with Crippen molar-refractivity contribution in [3.63, 3.8) is 0 Å². The second-order valence-electron chi connectivity index (χ2n) is 7.51. The standard InChI is InChI=1S/C22H24N4O4S/c1-16-23-10-11-25(16)14-18-7-5-6-17(12-18)13-24-22(27)21-15-26(31(2,28)29)19-8-3-4-9-20(19)30-21/h3-12,21H,13-15H2,1-2H3,(H,24,27). The van der Waals surface area contributed by atoms with Gasteiger partial charge in [0.15, 0.2) is 6.10 Å². The van der Waals surface area contributed by atoms with Gasteiger partial charge in [-0.15, -0.1) is 0 Å². The highest BCUT2D eigenvalue weighted by molar-refractivity contribution is 7.92. The molecule has 1 aromatic heterocycles. The molecule has 9 heteroatoms. The Hall–Kier alpha value is -3.33. The lowest BCUT2D eigenvalue weighted by Crippen LogP contribution is -2.50. The first kappa shape index (κ1) is 20.9. The van der Waals surface area contributed by atoms with Gasteiger partial charge in [0.25, 0.3) is 5.91 Å². The lowest BCUT2D eigenvalue weighted by molar-refractivity contribution is -0.127. The number of carbonyl (C=O) groups excluding carboxylic acids is 1. The molecule has 31 heavy (non-hydrogen) atoms. The van der Waals surface area contributed by atoms with Crippen LogP contribution in [0.15, 0.2) is 60.9 Å². The van der Waals surface area contributed by atoms with Crippen molar-refractivity contribution in [3.05, 3.63) is 77.9 Å². The summed E-state index contributed by atoms with van der Waals surface area (Å²) < 4.78 is 33.5. The van der Waals surface area contributed by atoms with Crippen molar-refractivity contribution in [2.24, 2.45) is 0 Å². The molecule has 162 valence electrons. The van der Waals surface area contributed by atoms with E-state index >= 15 is 0 Å². The van der Waals surface area contributed by atoms with E-state index in [1.165, 1.54) is 4.31 Å². The lowest BCUT2D eigenvalue weighted by atomic mass is 10.1. The number of ether oxygens (including phenoxy) is 1. The first-order chi connectivity index (χ1) is 14.8. The first-order valence-corrected chi connectivity index (χ1v) is 11.7. The van der Waals surface area contributed by atoms with Crippen LogP contribution in [0.1, 0.15) is 17.0 Å². The van der Waals surface area contributed by atoms with E-state index in [0.29, 0.717) is 24.5 Å². The molecule has 1 amide bonds. The van der Waals surface area contributed by atoms with Gasteiger partial charge in [-0.3, -0.25) is 9.10 Å². The number of hydrogen-bond acceptors (Lipinski definition) is 5. The molecule has 0 radical (unpaired) electrons. The van der Waals surface area contributed by atoms with Crippen LogP contribution in [0.25, 0.3) is 0 Å². The van der Waals surface area contributed by atoms with Gasteiger partial charge in [-0.25, -0.2) is 13.4 Å².